The lowest BCUT2D eigenvalue weighted by atomic mass is 10.0. The lowest BCUT2D eigenvalue weighted by molar-refractivity contribution is -0.384. The number of fused-ring (bicyclic) bond motifs is 2. The molecule has 0 radical (unpaired) electrons. The molecule has 1 amide bonds. The quantitative estimate of drug-likeness (QED) is 0.370. The van der Waals surface area contributed by atoms with E-state index in [1.165, 1.54) is 18.2 Å². The third-order valence-corrected chi connectivity index (χ3v) is 5.00. The number of non-ortho nitro benzene ring substituents is 1. The molecule has 1 aliphatic heterocycles. The summed E-state index contributed by atoms with van der Waals surface area (Å²) >= 11 is 0. The van der Waals surface area contributed by atoms with Crippen molar-refractivity contribution in [2.24, 2.45) is 0 Å². The first-order chi connectivity index (χ1) is 14.5. The molecule has 7 nitrogen and oxygen atoms in total. The molecule has 0 fully saturated rings. The van der Waals surface area contributed by atoms with Gasteiger partial charge in [-0.25, -0.2) is 4.79 Å². The van der Waals surface area contributed by atoms with Crippen LogP contribution in [0.4, 0.5) is 17.1 Å². The van der Waals surface area contributed by atoms with Crippen molar-refractivity contribution in [2.75, 3.05) is 11.5 Å². The average Bonchev–Trinajstić information content (AvgIpc) is 2.94. The molecule has 1 aliphatic rings. The van der Waals surface area contributed by atoms with Crippen LogP contribution in [0, 0.1) is 10.1 Å². The number of hydrogen-bond acceptors (Lipinski definition) is 5. The second kappa shape index (κ2) is 8.16. The van der Waals surface area contributed by atoms with Crippen molar-refractivity contribution in [1.29, 1.82) is 0 Å². The number of aryl methyl sites for hydroxylation is 2. The number of para-hydroxylation sites is 2. The Morgan fingerprint density at radius 2 is 1.50 bits per heavy atom. The first kappa shape index (κ1) is 19.3. The van der Waals surface area contributed by atoms with E-state index in [2.05, 4.69) is 0 Å². The predicted octanol–water partition coefficient (Wildman–Crippen LogP) is 4.22. The maximum atomic E-state index is 13.1. The number of rotatable bonds is 4. The first-order valence-corrected chi connectivity index (χ1v) is 9.45. The highest BCUT2D eigenvalue weighted by Crippen LogP contribution is 2.36. The molecule has 0 saturated carbocycles. The van der Waals surface area contributed by atoms with Crippen LogP contribution in [0.5, 0.6) is 0 Å². The standard InChI is InChI=1S/C23H18N2O5/c26-22(15-30-23(27)18-8-5-9-19(14-18)25(28)29)24-20-10-3-1-6-16(20)12-13-17-7-2-4-11-21(17)24/h1-11,14H,12-13,15H2. The molecule has 0 atom stereocenters. The molecule has 3 aromatic rings. The minimum absolute atomic E-state index is 0.0219. The van der Waals surface area contributed by atoms with Crippen LogP contribution in [0.3, 0.4) is 0 Å². The summed E-state index contributed by atoms with van der Waals surface area (Å²) in [5.74, 6) is -1.18. The Kier molecular flexibility index (Phi) is 5.26. The van der Waals surface area contributed by atoms with Crippen LogP contribution in [0.15, 0.2) is 72.8 Å². The van der Waals surface area contributed by atoms with Crippen molar-refractivity contribution in [3.63, 3.8) is 0 Å². The number of ether oxygens (including phenoxy) is 1. The highest BCUT2D eigenvalue weighted by atomic mass is 16.6. The van der Waals surface area contributed by atoms with Gasteiger partial charge in [0.25, 0.3) is 11.6 Å². The van der Waals surface area contributed by atoms with E-state index >= 15 is 0 Å². The maximum absolute atomic E-state index is 13.1. The van der Waals surface area contributed by atoms with Crippen molar-refractivity contribution < 1.29 is 19.2 Å². The van der Waals surface area contributed by atoms with Crippen LogP contribution in [0.1, 0.15) is 21.5 Å². The molecule has 0 N–H and O–H groups in total. The van der Waals surface area contributed by atoms with Crippen LogP contribution in [-0.4, -0.2) is 23.4 Å². The summed E-state index contributed by atoms with van der Waals surface area (Å²) < 4.78 is 5.20. The number of amides is 1. The molecule has 0 aliphatic carbocycles. The number of carbonyl (C=O) groups is 2. The zero-order valence-corrected chi connectivity index (χ0v) is 16.0. The summed E-state index contributed by atoms with van der Waals surface area (Å²) in [7, 11) is 0. The van der Waals surface area contributed by atoms with Crippen LogP contribution in [0.2, 0.25) is 0 Å². The molecule has 3 aromatic carbocycles. The lowest BCUT2D eigenvalue weighted by Crippen LogP contribution is -2.31. The van der Waals surface area contributed by atoms with Gasteiger partial charge in [0.1, 0.15) is 0 Å². The zero-order valence-electron chi connectivity index (χ0n) is 16.0. The smallest absolute Gasteiger partial charge is 0.338 e. The normalized spacial score (nSPS) is 12.3. The van der Waals surface area contributed by atoms with Gasteiger partial charge in [-0.2, -0.15) is 0 Å². The molecule has 4 rings (SSSR count). The topological polar surface area (TPSA) is 89.8 Å². The Morgan fingerprint density at radius 1 is 0.900 bits per heavy atom. The molecule has 0 bridgehead atoms. The highest BCUT2D eigenvalue weighted by Gasteiger charge is 2.26. The SMILES string of the molecule is O=C(OCC(=O)N1c2ccccc2CCc2ccccc21)c1cccc([N+](=O)[O-])c1. The highest BCUT2D eigenvalue weighted by molar-refractivity contribution is 6.04. The summed E-state index contributed by atoms with van der Waals surface area (Å²) in [6.07, 6.45) is 1.59. The van der Waals surface area contributed by atoms with Crippen molar-refractivity contribution >= 4 is 28.9 Å². The van der Waals surface area contributed by atoms with Crippen molar-refractivity contribution in [3.8, 4) is 0 Å². The van der Waals surface area contributed by atoms with E-state index < -0.39 is 23.4 Å². The van der Waals surface area contributed by atoms with Crippen LogP contribution in [-0.2, 0) is 22.4 Å². The van der Waals surface area contributed by atoms with E-state index in [9.17, 15) is 19.7 Å². The third-order valence-electron chi connectivity index (χ3n) is 5.00. The van der Waals surface area contributed by atoms with E-state index in [0.29, 0.717) is 0 Å². The number of nitro groups is 1. The van der Waals surface area contributed by atoms with Crippen molar-refractivity contribution in [3.05, 3.63) is 99.6 Å². The number of nitro benzene ring substituents is 1. The van der Waals surface area contributed by atoms with Gasteiger partial charge in [-0.15, -0.1) is 0 Å². The molecule has 1 heterocycles. The van der Waals surface area contributed by atoms with Crippen molar-refractivity contribution in [2.45, 2.75) is 12.8 Å². The van der Waals surface area contributed by atoms with E-state index in [0.717, 1.165) is 41.4 Å². The average molecular weight is 402 g/mol. The second-order valence-corrected chi connectivity index (χ2v) is 6.87. The van der Waals surface area contributed by atoms with Crippen LogP contribution >= 0.6 is 0 Å². The number of anilines is 2. The fraction of sp³-hybridized carbons (Fsp3) is 0.130. The summed E-state index contributed by atoms with van der Waals surface area (Å²) in [5, 5.41) is 10.9. The lowest BCUT2D eigenvalue weighted by Gasteiger charge is -2.24. The Bertz CT molecular complexity index is 1090. The van der Waals surface area contributed by atoms with Gasteiger partial charge in [0.05, 0.1) is 21.9 Å². The molecular formula is C23H18N2O5. The van der Waals surface area contributed by atoms with E-state index in [4.69, 9.17) is 4.74 Å². The molecule has 0 unspecified atom stereocenters. The van der Waals surface area contributed by atoms with E-state index in [1.807, 2.05) is 48.5 Å². The Balaban J connectivity index is 1.58. The summed E-state index contributed by atoms with van der Waals surface area (Å²) in [5.41, 5.74) is 3.40. The molecule has 0 aromatic heterocycles. The van der Waals surface area contributed by atoms with Gasteiger partial charge >= 0.3 is 5.97 Å². The first-order valence-electron chi connectivity index (χ1n) is 9.45. The minimum Gasteiger partial charge on any atom is -0.452 e. The van der Waals surface area contributed by atoms with Crippen molar-refractivity contribution in [1.82, 2.24) is 0 Å². The molecule has 7 heteroatoms. The van der Waals surface area contributed by atoms with E-state index in [1.54, 1.807) is 4.90 Å². The number of benzene rings is 3. The Labute approximate surface area is 172 Å². The third kappa shape index (κ3) is 3.77. The predicted molar refractivity (Wildman–Crippen MR) is 111 cm³/mol. The van der Waals surface area contributed by atoms with Gasteiger partial charge in [-0.1, -0.05) is 42.5 Å². The Hall–Kier alpha value is -4.00. The summed E-state index contributed by atoms with van der Waals surface area (Å²) in [4.78, 5) is 37.4. The molecule has 150 valence electrons. The molecule has 0 spiro atoms. The fourth-order valence-electron chi connectivity index (χ4n) is 3.57. The molecule has 0 saturated heterocycles. The largest absolute Gasteiger partial charge is 0.452 e. The van der Waals surface area contributed by atoms with Gasteiger partial charge in [0.2, 0.25) is 0 Å². The van der Waals surface area contributed by atoms with Gasteiger partial charge in [0, 0.05) is 12.1 Å². The van der Waals surface area contributed by atoms with E-state index in [-0.39, 0.29) is 11.3 Å². The maximum Gasteiger partial charge on any atom is 0.338 e. The number of carbonyl (C=O) groups excluding carboxylic acids is 2. The van der Waals surface area contributed by atoms with Gasteiger partial charge in [-0.3, -0.25) is 19.8 Å². The fourth-order valence-corrected chi connectivity index (χ4v) is 3.57. The second-order valence-electron chi connectivity index (χ2n) is 6.87. The summed E-state index contributed by atoms with van der Waals surface area (Å²) in [6, 6.07) is 20.5. The monoisotopic (exact) mass is 402 g/mol. The Morgan fingerprint density at radius 3 is 2.10 bits per heavy atom. The molecule has 30 heavy (non-hydrogen) atoms. The number of esters is 1. The molecular weight excluding hydrogens is 384 g/mol. The van der Waals surface area contributed by atoms with Crippen LogP contribution < -0.4 is 4.90 Å². The van der Waals surface area contributed by atoms with Crippen LogP contribution in [0.25, 0.3) is 0 Å². The zero-order chi connectivity index (χ0) is 21.1. The number of hydrogen-bond donors (Lipinski definition) is 0. The minimum atomic E-state index is -0.788. The van der Waals surface area contributed by atoms with Gasteiger partial charge in [0.15, 0.2) is 6.61 Å². The van der Waals surface area contributed by atoms with Gasteiger partial charge < -0.3 is 4.74 Å². The summed E-state index contributed by atoms with van der Waals surface area (Å²) in [6.45, 7) is -0.482. The number of nitrogens with zero attached hydrogens (tertiary/aromatic N) is 2. The van der Waals surface area contributed by atoms with Gasteiger partial charge in [-0.05, 0) is 42.2 Å².